The van der Waals surface area contributed by atoms with Gasteiger partial charge in [0.05, 0.1) is 16.6 Å². The summed E-state index contributed by atoms with van der Waals surface area (Å²) < 4.78 is 3.40. The number of benzene rings is 2. The number of nitrogens with zero attached hydrogens (tertiary/aromatic N) is 3. The minimum absolute atomic E-state index is 0.222. The van der Waals surface area contributed by atoms with Crippen LogP contribution in [0.1, 0.15) is 24.3 Å². The van der Waals surface area contributed by atoms with Crippen LogP contribution in [0.2, 0.25) is 0 Å². The van der Waals surface area contributed by atoms with Crippen LogP contribution in [0.25, 0.3) is 21.7 Å². The van der Waals surface area contributed by atoms with E-state index in [-0.39, 0.29) is 17.2 Å². The molecule has 0 aliphatic heterocycles. The first-order chi connectivity index (χ1) is 13.5. The molecule has 6 nitrogen and oxygen atoms in total. The molecule has 0 saturated heterocycles. The third kappa shape index (κ3) is 3.07. The predicted octanol–water partition coefficient (Wildman–Crippen LogP) is 3.80. The predicted molar refractivity (Wildman–Crippen MR) is 112 cm³/mol. The van der Waals surface area contributed by atoms with E-state index in [9.17, 15) is 9.59 Å². The molecule has 2 aromatic carbocycles. The standard InChI is InChI=1S/C22H22N4O2/c1-14(2)13-26-12-11-17-18(9-6-10-19(17)26)23-21(27)20-15-7-4-5-8-16(15)22(28)25(3)24-20/h4-12,14H,13H2,1-3H3,(H,23,27). The van der Waals surface area contributed by atoms with Crippen LogP contribution >= 0.6 is 0 Å². The molecule has 0 fully saturated rings. The molecule has 0 aliphatic rings. The highest BCUT2D eigenvalue weighted by Gasteiger charge is 2.17. The Morgan fingerprint density at radius 1 is 1.04 bits per heavy atom. The summed E-state index contributed by atoms with van der Waals surface area (Å²) in [6.45, 7) is 5.26. The van der Waals surface area contributed by atoms with E-state index in [1.165, 1.54) is 4.68 Å². The molecule has 28 heavy (non-hydrogen) atoms. The lowest BCUT2D eigenvalue weighted by Crippen LogP contribution is -2.25. The van der Waals surface area contributed by atoms with Gasteiger partial charge in [0.2, 0.25) is 0 Å². The van der Waals surface area contributed by atoms with Crippen molar-refractivity contribution in [3.8, 4) is 0 Å². The second-order valence-corrected chi connectivity index (χ2v) is 7.38. The number of rotatable bonds is 4. The Kier molecular flexibility index (Phi) is 4.47. The fourth-order valence-corrected chi connectivity index (χ4v) is 3.53. The largest absolute Gasteiger partial charge is 0.347 e. The number of anilines is 1. The van der Waals surface area contributed by atoms with Crippen molar-refractivity contribution in [2.45, 2.75) is 20.4 Å². The van der Waals surface area contributed by atoms with E-state index in [4.69, 9.17) is 0 Å². The molecule has 2 aromatic heterocycles. The molecule has 0 bridgehead atoms. The fourth-order valence-electron chi connectivity index (χ4n) is 3.53. The minimum atomic E-state index is -0.337. The van der Waals surface area contributed by atoms with E-state index in [0.717, 1.165) is 23.1 Å². The maximum atomic E-state index is 13.0. The van der Waals surface area contributed by atoms with Gasteiger partial charge < -0.3 is 9.88 Å². The Hall–Kier alpha value is -3.41. The summed E-state index contributed by atoms with van der Waals surface area (Å²) in [6, 6.07) is 14.9. The molecule has 1 amide bonds. The Labute approximate surface area is 162 Å². The smallest absolute Gasteiger partial charge is 0.276 e. The maximum Gasteiger partial charge on any atom is 0.276 e. The molecule has 4 aromatic rings. The van der Waals surface area contributed by atoms with Crippen molar-refractivity contribution < 1.29 is 4.79 Å². The van der Waals surface area contributed by atoms with Gasteiger partial charge in [-0.2, -0.15) is 5.10 Å². The Morgan fingerprint density at radius 3 is 2.54 bits per heavy atom. The van der Waals surface area contributed by atoms with E-state index in [1.807, 2.05) is 30.5 Å². The van der Waals surface area contributed by atoms with Gasteiger partial charge in [0.15, 0.2) is 5.69 Å². The summed E-state index contributed by atoms with van der Waals surface area (Å²) in [7, 11) is 1.55. The summed E-state index contributed by atoms with van der Waals surface area (Å²) in [6.07, 6.45) is 2.04. The number of amides is 1. The molecule has 0 unspecified atom stereocenters. The van der Waals surface area contributed by atoms with Crippen molar-refractivity contribution in [3.05, 3.63) is 70.8 Å². The first-order valence-corrected chi connectivity index (χ1v) is 9.31. The highest BCUT2D eigenvalue weighted by Crippen LogP contribution is 2.26. The fraction of sp³-hybridized carbons (Fsp3) is 0.227. The van der Waals surface area contributed by atoms with Gasteiger partial charge in [0.1, 0.15) is 0 Å². The van der Waals surface area contributed by atoms with Crippen molar-refractivity contribution in [2.75, 3.05) is 5.32 Å². The van der Waals surface area contributed by atoms with Crippen LogP contribution in [0.15, 0.2) is 59.5 Å². The van der Waals surface area contributed by atoms with Gasteiger partial charge in [-0.1, -0.05) is 38.1 Å². The van der Waals surface area contributed by atoms with Crippen LogP contribution in [0.5, 0.6) is 0 Å². The number of carbonyl (C=O) groups excluding carboxylic acids is 1. The van der Waals surface area contributed by atoms with Crippen LogP contribution in [-0.2, 0) is 13.6 Å². The summed E-state index contributed by atoms with van der Waals surface area (Å²) in [4.78, 5) is 25.3. The van der Waals surface area contributed by atoms with Crippen LogP contribution in [0.3, 0.4) is 0 Å². The second-order valence-electron chi connectivity index (χ2n) is 7.38. The zero-order chi connectivity index (χ0) is 19.8. The highest BCUT2D eigenvalue weighted by molar-refractivity contribution is 6.13. The summed E-state index contributed by atoms with van der Waals surface area (Å²) in [5.41, 5.74) is 1.81. The maximum absolute atomic E-state index is 13.0. The van der Waals surface area contributed by atoms with Gasteiger partial charge in [-0.05, 0) is 30.2 Å². The quantitative estimate of drug-likeness (QED) is 0.591. The van der Waals surface area contributed by atoms with Crippen LogP contribution in [0, 0.1) is 5.92 Å². The third-order valence-electron chi connectivity index (χ3n) is 4.80. The Morgan fingerprint density at radius 2 is 1.79 bits per heavy atom. The summed E-state index contributed by atoms with van der Waals surface area (Å²) >= 11 is 0. The number of hydrogen-bond acceptors (Lipinski definition) is 3. The molecule has 142 valence electrons. The molecular weight excluding hydrogens is 352 g/mol. The highest BCUT2D eigenvalue weighted by atomic mass is 16.2. The van der Waals surface area contributed by atoms with E-state index in [2.05, 4.69) is 28.8 Å². The molecule has 0 aliphatic carbocycles. The molecule has 4 rings (SSSR count). The van der Waals surface area contributed by atoms with Gasteiger partial charge >= 0.3 is 0 Å². The zero-order valence-corrected chi connectivity index (χ0v) is 16.1. The molecule has 0 spiro atoms. The molecule has 2 heterocycles. The average Bonchev–Trinajstić information content (AvgIpc) is 3.08. The summed E-state index contributed by atoms with van der Waals surface area (Å²) in [5.74, 6) is 0.186. The van der Waals surface area contributed by atoms with Crippen molar-refractivity contribution in [2.24, 2.45) is 13.0 Å². The van der Waals surface area contributed by atoms with Gasteiger partial charge in [-0.25, -0.2) is 4.68 Å². The van der Waals surface area contributed by atoms with E-state index < -0.39 is 0 Å². The third-order valence-corrected chi connectivity index (χ3v) is 4.80. The van der Waals surface area contributed by atoms with Crippen molar-refractivity contribution in [3.63, 3.8) is 0 Å². The second kappa shape index (κ2) is 6.96. The number of fused-ring (bicyclic) bond motifs is 2. The van der Waals surface area contributed by atoms with Gasteiger partial charge in [-0.15, -0.1) is 0 Å². The molecule has 1 N–H and O–H groups in total. The van der Waals surface area contributed by atoms with E-state index in [0.29, 0.717) is 16.7 Å². The van der Waals surface area contributed by atoms with Gasteiger partial charge in [0.25, 0.3) is 11.5 Å². The van der Waals surface area contributed by atoms with Crippen LogP contribution in [-0.4, -0.2) is 20.3 Å². The van der Waals surface area contributed by atoms with Crippen LogP contribution in [0.4, 0.5) is 5.69 Å². The van der Waals surface area contributed by atoms with E-state index >= 15 is 0 Å². The minimum Gasteiger partial charge on any atom is -0.347 e. The summed E-state index contributed by atoms with van der Waals surface area (Å²) in [5, 5.41) is 9.19. The van der Waals surface area contributed by atoms with E-state index in [1.54, 1.807) is 31.3 Å². The molecule has 6 heteroatoms. The first kappa shape index (κ1) is 18.0. The van der Waals surface area contributed by atoms with Crippen LogP contribution < -0.4 is 10.9 Å². The lowest BCUT2D eigenvalue weighted by atomic mass is 10.1. The Bertz CT molecular complexity index is 1250. The normalized spacial score (nSPS) is 11.4. The Balaban J connectivity index is 1.76. The number of carbonyl (C=O) groups is 1. The monoisotopic (exact) mass is 374 g/mol. The lowest BCUT2D eigenvalue weighted by molar-refractivity contribution is 0.102. The average molecular weight is 374 g/mol. The van der Waals surface area contributed by atoms with Gasteiger partial charge in [0, 0.05) is 30.6 Å². The van der Waals surface area contributed by atoms with Crippen molar-refractivity contribution >= 4 is 33.3 Å². The lowest BCUT2D eigenvalue weighted by Gasteiger charge is -2.11. The SMILES string of the molecule is CC(C)Cn1ccc2c(NC(=O)c3nn(C)c(=O)c4ccccc34)cccc21. The van der Waals surface area contributed by atoms with Gasteiger partial charge in [-0.3, -0.25) is 9.59 Å². The molecule has 0 atom stereocenters. The van der Waals surface area contributed by atoms with Crippen molar-refractivity contribution in [1.82, 2.24) is 14.3 Å². The molecule has 0 radical (unpaired) electrons. The van der Waals surface area contributed by atoms with Crippen molar-refractivity contribution in [1.29, 1.82) is 0 Å². The molecular formula is C22H22N4O2. The zero-order valence-electron chi connectivity index (χ0n) is 16.1. The number of nitrogens with one attached hydrogen (secondary N) is 1. The molecule has 0 saturated carbocycles. The number of hydrogen-bond donors (Lipinski definition) is 1. The number of aryl methyl sites for hydroxylation is 1. The topological polar surface area (TPSA) is 68.9 Å². The number of aromatic nitrogens is 3. The first-order valence-electron chi connectivity index (χ1n) is 9.31.